The summed E-state index contributed by atoms with van der Waals surface area (Å²) in [5, 5.41) is 5.93. The van der Waals surface area contributed by atoms with E-state index in [2.05, 4.69) is 93.1 Å². The van der Waals surface area contributed by atoms with Gasteiger partial charge in [-0.2, -0.15) is 4.98 Å². The molecule has 0 amide bonds. The molecular formula is C28H22IN5. The Morgan fingerprint density at radius 1 is 0.853 bits per heavy atom. The fourth-order valence-electron chi connectivity index (χ4n) is 4.23. The first kappa shape index (κ1) is 20.9. The predicted octanol–water partition coefficient (Wildman–Crippen LogP) is 8.32. The molecule has 1 aliphatic heterocycles. The van der Waals surface area contributed by atoms with E-state index in [1.807, 2.05) is 30.5 Å². The van der Waals surface area contributed by atoms with E-state index in [1.165, 1.54) is 27.5 Å². The molecule has 4 aromatic carbocycles. The van der Waals surface area contributed by atoms with Gasteiger partial charge in [0.25, 0.3) is 0 Å². The standard InChI is InChI=1S/C28H22IN5/c1-19(20-8-3-2-4-9-20)31-28-30-17-16-27(32-28)34-26-15-14-22(18-25(26)33-29-34)24-13-7-11-21-10-5-6-12-23(21)24/h2-19H,1H3,(H,30,31,32)/t19-/m0/s1. The van der Waals surface area contributed by atoms with Gasteiger partial charge in [0.05, 0.1) is 17.4 Å². The molecule has 0 radical (unpaired) electrons. The van der Waals surface area contributed by atoms with Gasteiger partial charge in [0.2, 0.25) is 5.95 Å². The topological polar surface area (TPSA) is 53.4 Å². The van der Waals surface area contributed by atoms with Crippen LogP contribution < -0.4 is 8.43 Å². The van der Waals surface area contributed by atoms with Gasteiger partial charge in [-0.1, -0.05) is 78.9 Å². The maximum atomic E-state index is 4.92. The van der Waals surface area contributed by atoms with E-state index in [4.69, 9.17) is 8.13 Å². The molecule has 2 heterocycles. The maximum absolute atomic E-state index is 4.92. The van der Waals surface area contributed by atoms with Crippen LogP contribution in [0.3, 0.4) is 0 Å². The summed E-state index contributed by atoms with van der Waals surface area (Å²) in [7, 11) is 0. The summed E-state index contributed by atoms with van der Waals surface area (Å²) >= 11 is -0.588. The molecule has 1 aliphatic rings. The Balaban J connectivity index is 1.29. The number of nitrogens with one attached hydrogen (secondary N) is 1. The Kier molecular flexibility index (Phi) is 5.50. The zero-order chi connectivity index (χ0) is 22.9. The first-order chi connectivity index (χ1) is 16.8. The predicted molar refractivity (Wildman–Crippen MR) is 148 cm³/mol. The Morgan fingerprint density at radius 2 is 1.68 bits per heavy atom. The lowest BCUT2D eigenvalue weighted by Crippen LogP contribution is -2.11. The van der Waals surface area contributed by atoms with Crippen LogP contribution in [0, 0.1) is 0 Å². The third-order valence-corrected chi connectivity index (χ3v) is 8.16. The number of anilines is 3. The van der Waals surface area contributed by atoms with E-state index >= 15 is 0 Å². The van der Waals surface area contributed by atoms with Gasteiger partial charge < -0.3 is 5.32 Å². The van der Waals surface area contributed by atoms with Crippen molar-refractivity contribution >= 4 is 55.2 Å². The van der Waals surface area contributed by atoms with Crippen LogP contribution >= 0.6 is 21.3 Å². The molecule has 34 heavy (non-hydrogen) atoms. The van der Waals surface area contributed by atoms with Crippen LogP contribution in [0.25, 0.3) is 21.9 Å². The van der Waals surface area contributed by atoms with Gasteiger partial charge in [-0.3, -0.25) is 3.11 Å². The molecule has 6 rings (SSSR count). The summed E-state index contributed by atoms with van der Waals surface area (Å²) in [5.41, 5.74) is 5.76. The average molecular weight is 555 g/mol. The second-order valence-electron chi connectivity index (χ2n) is 8.19. The molecule has 1 aromatic heterocycles. The van der Waals surface area contributed by atoms with Crippen molar-refractivity contribution in [3.63, 3.8) is 0 Å². The lowest BCUT2D eigenvalue weighted by Gasteiger charge is -2.17. The van der Waals surface area contributed by atoms with Gasteiger partial charge in [-0.05, 0) is 46.5 Å². The summed E-state index contributed by atoms with van der Waals surface area (Å²) in [4.78, 5) is 9.26. The molecule has 0 unspecified atom stereocenters. The zero-order valence-corrected chi connectivity index (χ0v) is 20.7. The Labute approximate surface area is 209 Å². The molecule has 0 saturated heterocycles. The highest BCUT2D eigenvalue weighted by atomic mass is 127. The summed E-state index contributed by atoms with van der Waals surface area (Å²) < 4.78 is 7.15. The van der Waals surface area contributed by atoms with Crippen molar-refractivity contribution in [1.29, 1.82) is 0 Å². The van der Waals surface area contributed by atoms with Gasteiger partial charge in [0.1, 0.15) is 27.1 Å². The van der Waals surface area contributed by atoms with E-state index in [9.17, 15) is 0 Å². The number of halogens is 1. The summed E-state index contributed by atoms with van der Waals surface area (Å²) in [6.45, 7) is 2.12. The van der Waals surface area contributed by atoms with E-state index in [-0.39, 0.29) is 6.04 Å². The number of hydrogen-bond donors (Lipinski definition) is 1. The van der Waals surface area contributed by atoms with E-state index in [0.29, 0.717) is 5.95 Å². The Hall–Kier alpha value is -3.65. The van der Waals surface area contributed by atoms with Gasteiger partial charge in [0.15, 0.2) is 0 Å². The minimum absolute atomic E-state index is 0.116. The third-order valence-electron chi connectivity index (χ3n) is 5.98. The molecular weight excluding hydrogens is 533 g/mol. The highest BCUT2D eigenvalue weighted by molar-refractivity contribution is 14.2. The lowest BCUT2D eigenvalue weighted by molar-refractivity contribution is 0.861. The second-order valence-corrected chi connectivity index (χ2v) is 10.1. The number of fused-ring (bicyclic) bond motifs is 2. The fourth-order valence-corrected chi connectivity index (χ4v) is 6.19. The SMILES string of the molecule is C[C@H](Nc1nccc(N2I=Nc3cc(-c4cccc5ccccc45)ccc32)n1)c1ccccc1. The van der Waals surface area contributed by atoms with E-state index < -0.39 is 21.3 Å². The summed E-state index contributed by atoms with van der Waals surface area (Å²) in [6.07, 6.45) is 1.81. The molecule has 5 nitrogen and oxygen atoms in total. The Bertz CT molecular complexity index is 1510. The van der Waals surface area contributed by atoms with Crippen LogP contribution in [0.15, 0.2) is 106 Å². The highest BCUT2D eigenvalue weighted by Crippen LogP contribution is 2.48. The lowest BCUT2D eigenvalue weighted by atomic mass is 9.97. The van der Waals surface area contributed by atoms with Crippen LogP contribution in [0.4, 0.5) is 23.1 Å². The largest absolute Gasteiger partial charge is 0.348 e. The number of rotatable bonds is 5. The quantitative estimate of drug-likeness (QED) is 0.175. The van der Waals surface area contributed by atoms with Crippen LogP contribution in [-0.4, -0.2) is 9.97 Å². The molecule has 5 aromatic rings. The average Bonchev–Trinajstić information content (AvgIpc) is 3.32. The minimum atomic E-state index is -0.588. The van der Waals surface area contributed by atoms with Crippen LogP contribution in [0.5, 0.6) is 0 Å². The molecule has 166 valence electrons. The molecule has 0 aliphatic carbocycles. The molecule has 0 saturated carbocycles. The number of hydrogen-bond acceptors (Lipinski definition) is 5. The molecule has 0 bridgehead atoms. The minimum Gasteiger partial charge on any atom is -0.348 e. The van der Waals surface area contributed by atoms with Gasteiger partial charge in [0, 0.05) is 12.3 Å². The van der Waals surface area contributed by atoms with Crippen LogP contribution in [-0.2, 0) is 0 Å². The van der Waals surface area contributed by atoms with Gasteiger partial charge in [-0.25, -0.2) is 8.13 Å². The first-order valence-electron chi connectivity index (χ1n) is 11.2. The molecule has 1 N–H and O–H groups in total. The van der Waals surface area contributed by atoms with Crippen molar-refractivity contribution in [2.45, 2.75) is 13.0 Å². The Morgan fingerprint density at radius 3 is 2.59 bits per heavy atom. The van der Waals surface area contributed by atoms with Crippen molar-refractivity contribution in [3.8, 4) is 11.1 Å². The first-order valence-corrected chi connectivity index (χ1v) is 13.1. The van der Waals surface area contributed by atoms with Crippen LogP contribution in [0.1, 0.15) is 18.5 Å². The third kappa shape index (κ3) is 3.94. The van der Waals surface area contributed by atoms with Gasteiger partial charge >= 0.3 is 0 Å². The van der Waals surface area contributed by atoms with Crippen molar-refractivity contribution in [2.75, 3.05) is 8.43 Å². The summed E-state index contributed by atoms with van der Waals surface area (Å²) in [5.74, 6) is 1.50. The molecule has 6 heteroatoms. The van der Waals surface area contributed by atoms with Crippen molar-refractivity contribution in [3.05, 3.63) is 109 Å². The normalized spacial score (nSPS) is 13.4. The number of benzene rings is 4. The second kappa shape index (κ2) is 8.95. The van der Waals surface area contributed by atoms with E-state index in [0.717, 1.165) is 17.2 Å². The van der Waals surface area contributed by atoms with Crippen molar-refractivity contribution in [1.82, 2.24) is 9.97 Å². The monoisotopic (exact) mass is 555 g/mol. The fraction of sp³-hybridized carbons (Fsp3) is 0.0714. The summed E-state index contributed by atoms with van der Waals surface area (Å²) in [6, 6.07) is 33.9. The van der Waals surface area contributed by atoms with Crippen molar-refractivity contribution in [2.24, 2.45) is 3.15 Å². The number of aromatic nitrogens is 2. The molecule has 1 atom stereocenters. The molecule has 0 spiro atoms. The molecule has 0 fully saturated rings. The van der Waals surface area contributed by atoms with Gasteiger partial charge in [-0.15, -0.1) is 0 Å². The highest BCUT2D eigenvalue weighted by Gasteiger charge is 2.21. The van der Waals surface area contributed by atoms with Crippen molar-refractivity contribution < 1.29 is 0 Å². The maximum Gasteiger partial charge on any atom is 0.225 e. The van der Waals surface area contributed by atoms with Crippen LogP contribution in [0.2, 0.25) is 0 Å². The van der Waals surface area contributed by atoms with E-state index in [1.54, 1.807) is 0 Å². The smallest absolute Gasteiger partial charge is 0.225 e. The zero-order valence-electron chi connectivity index (χ0n) is 18.6. The number of nitrogens with zero attached hydrogens (tertiary/aromatic N) is 4.